The zero-order chi connectivity index (χ0) is 30.9. The van der Waals surface area contributed by atoms with Gasteiger partial charge in [-0.05, 0) is 40.2 Å². The second-order valence-corrected chi connectivity index (χ2v) is 20.0. The van der Waals surface area contributed by atoms with E-state index in [4.69, 9.17) is 9.47 Å². The predicted octanol–water partition coefficient (Wildman–Crippen LogP) is 5.58. The Bertz CT molecular complexity index is 2030. The van der Waals surface area contributed by atoms with Crippen LogP contribution in [0.4, 0.5) is 0 Å². The van der Waals surface area contributed by atoms with Crippen LogP contribution in [-0.2, 0) is 0 Å². The van der Waals surface area contributed by atoms with Crippen molar-refractivity contribution in [2.24, 2.45) is 0 Å². The molecule has 0 aliphatic carbocycles. The van der Waals surface area contributed by atoms with Crippen LogP contribution in [0.2, 0.25) is 0 Å². The Kier molecular flexibility index (Phi) is 7.50. The highest BCUT2D eigenvalue weighted by Gasteiger charge is 2.51. The molecule has 0 atom stereocenters. The van der Waals surface area contributed by atoms with Crippen LogP contribution in [0.25, 0.3) is 0 Å². The number of benzene rings is 6. The molecule has 5 heteroatoms. The zero-order valence-corrected chi connectivity index (χ0v) is 28.4. The molecule has 1 aromatic heterocycles. The molecule has 222 valence electrons. The van der Waals surface area contributed by atoms with E-state index in [0.29, 0.717) is 0 Å². The van der Waals surface area contributed by atoms with Gasteiger partial charge in [0.2, 0.25) is 0 Å². The van der Waals surface area contributed by atoms with Gasteiger partial charge in [-0.1, -0.05) is 168 Å². The zero-order valence-electron chi connectivity index (χ0n) is 25.5. The first-order valence-corrected chi connectivity index (χ1v) is 20.2. The first kappa shape index (κ1) is 28.5. The topological polar surface area (TPSA) is 18.5 Å². The average Bonchev–Trinajstić information content (AvgIpc) is 3.47. The SMILES string of the molecule is Cc1ccccc1Oc1c([SiH](c2ccccc2)c2ccccc2)sc2c1Oc1ccccc1[Si]2(c1ccccc1)c1ccccc1. The highest BCUT2D eigenvalue weighted by atomic mass is 32.1. The van der Waals surface area contributed by atoms with Gasteiger partial charge in [0, 0.05) is 4.50 Å². The number of thiophene rings is 1. The molecule has 0 radical (unpaired) electrons. The number of ether oxygens (including phenoxy) is 2. The second-order valence-electron chi connectivity index (χ2n) is 11.7. The summed E-state index contributed by atoms with van der Waals surface area (Å²) in [7, 11) is -4.85. The lowest BCUT2D eigenvalue weighted by Gasteiger charge is -2.37. The number of para-hydroxylation sites is 2. The lowest BCUT2D eigenvalue weighted by Crippen LogP contribution is -2.75. The first-order chi connectivity index (χ1) is 22.7. The fraction of sp³-hybridized carbons (Fsp3) is 0.0244. The van der Waals surface area contributed by atoms with Crippen LogP contribution < -0.4 is 44.4 Å². The minimum Gasteiger partial charge on any atom is -0.453 e. The van der Waals surface area contributed by atoms with Crippen LogP contribution in [-0.4, -0.2) is 16.9 Å². The van der Waals surface area contributed by atoms with E-state index in [1.54, 1.807) is 0 Å². The molecule has 0 spiro atoms. The van der Waals surface area contributed by atoms with Gasteiger partial charge in [-0.2, -0.15) is 0 Å². The third-order valence-electron chi connectivity index (χ3n) is 8.94. The molecule has 2 heterocycles. The highest BCUT2D eigenvalue weighted by Crippen LogP contribution is 2.41. The summed E-state index contributed by atoms with van der Waals surface area (Å²) in [5.41, 5.74) is 1.09. The predicted molar refractivity (Wildman–Crippen MR) is 198 cm³/mol. The summed E-state index contributed by atoms with van der Waals surface area (Å²) in [6.45, 7) is 2.11. The Morgan fingerprint density at radius 2 is 1.07 bits per heavy atom. The van der Waals surface area contributed by atoms with Crippen LogP contribution in [0.3, 0.4) is 0 Å². The third-order valence-corrected chi connectivity index (χ3v) is 19.4. The van der Waals surface area contributed by atoms with Gasteiger partial charge in [-0.25, -0.2) is 0 Å². The number of fused-ring (bicyclic) bond motifs is 2. The lowest BCUT2D eigenvalue weighted by molar-refractivity contribution is 0.425. The molecule has 8 rings (SSSR count). The minimum atomic E-state index is -2.83. The van der Waals surface area contributed by atoms with Crippen LogP contribution in [0.5, 0.6) is 23.0 Å². The Morgan fingerprint density at radius 1 is 0.565 bits per heavy atom. The van der Waals surface area contributed by atoms with Gasteiger partial charge in [0.15, 0.2) is 19.6 Å². The van der Waals surface area contributed by atoms with E-state index in [1.165, 1.54) is 34.9 Å². The van der Waals surface area contributed by atoms with Gasteiger partial charge in [-0.15, -0.1) is 11.3 Å². The summed E-state index contributed by atoms with van der Waals surface area (Å²) in [4.78, 5) is 0. The van der Waals surface area contributed by atoms with Gasteiger partial charge >= 0.3 is 0 Å². The molecule has 0 unspecified atom stereocenters. The van der Waals surface area contributed by atoms with E-state index < -0.39 is 16.9 Å². The summed E-state index contributed by atoms with van der Waals surface area (Å²) in [6, 6.07) is 61.1. The van der Waals surface area contributed by atoms with Crippen molar-refractivity contribution in [1.82, 2.24) is 0 Å². The summed E-state index contributed by atoms with van der Waals surface area (Å²) in [6.07, 6.45) is 0. The van der Waals surface area contributed by atoms with Crippen LogP contribution in [0, 0.1) is 6.92 Å². The average molecular weight is 645 g/mol. The van der Waals surface area contributed by atoms with E-state index >= 15 is 0 Å². The molecule has 1 aliphatic rings. The Labute approximate surface area is 276 Å². The monoisotopic (exact) mass is 644 g/mol. The maximum absolute atomic E-state index is 7.13. The van der Waals surface area contributed by atoms with Gasteiger partial charge in [0.25, 0.3) is 0 Å². The lowest BCUT2D eigenvalue weighted by atomic mass is 10.2. The van der Waals surface area contributed by atoms with Crippen molar-refractivity contribution >= 4 is 63.1 Å². The molecule has 0 saturated carbocycles. The van der Waals surface area contributed by atoms with Crippen molar-refractivity contribution in [3.05, 3.63) is 175 Å². The van der Waals surface area contributed by atoms with E-state index in [9.17, 15) is 0 Å². The summed E-state index contributed by atoms with van der Waals surface area (Å²) in [5, 5.41) is 6.65. The highest BCUT2D eigenvalue weighted by molar-refractivity contribution is 7.42. The number of hydrogen-bond donors (Lipinski definition) is 0. The standard InChI is InChI=1S/C41H32O2SSi2/c1-30-18-14-15-27-35(30)42-38-39-41(44-40(38)45(31-19-6-2-7-20-31)32-21-8-3-9-22-32)46(33-23-10-4-11-24-33,34-25-12-5-13-26-34)37-29-17-16-28-36(37)43-39/h2-29,45H,1H3. The first-order valence-electron chi connectivity index (χ1n) is 15.6. The van der Waals surface area contributed by atoms with Crippen molar-refractivity contribution < 1.29 is 9.47 Å². The fourth-order valence-electron chi connectivity index (χ4n) is 6.82. The molecule has 0 amide bonds. The largest absolute Gasteiger partial charge is 0.453 e. The maximum Gasteiger partial charge on any atom is 0.200 e. The maximum atomic E-state index is 7.13. The number of aryl methyl sites for hydroxylation is 1. The second kappa shape index (κ2) is 12.1. The quantitative estimate of drug-likeness (QED) is 0.211. The molecule has 0 fully saturated rings. The van der Waals surface area contributed by atoms with E-state index in [-0.39, 0.29) is 0 Å². The van der Waals surface area contributed by atoms with Crippen LogP contribution in [0.15, 0.2) is 170 Å². The molecule has 6 aromatic carbocycles. The summed E-state index contributed by atoms with van der Waals surface area (Å²) in [5.74, 6) is 3.49. The smallest absolute Gasteiger partial charge is 0.200 e. The minimum absolute atomic E-state index is 0.854. The molecule has 7 aromatic rings. The van der Waals surface area contributed by atoms with Crippen molar-refractivity contribution in [1.29, 1.82) is 0 Å². The van der Waals surface area contributed by atoms with E-state index in [0.717, 1.165) is 28.6 Å². The fourth-order valence-corrected chi connectivity index (χ4v) is 18.6. The van der Waals surface area contributed by atoms with Crippen LogP contribution in [0.1, 0.15) is 5.56 Å². The Morgan fingerprint density at radius 3 is 1.65 bits per heavy atom. The van der Waals surface area contributed by atoms with Crippen molar-refractivity contribution in [2.45, 2.75) is 6.92 Å². The van der Waals surface area contributed by atoms with E-state index in [2.05, 4.69) is 171 Å². The molecular weight excluding hydrogens is 613 g/mol. The van der Waals surface area contributed by atoms with Crippen molar-refractivity contribution in [2.75, 3.05) is 0 Å². The molecule has 1 aliphatic heterocycles. The summed E-state index contributed by atoms with van der Waals surface area (Å²) < 4.78 is 16.8. The summed E-state index contributed by atoms with van der Waals surface area (Å²) >= 11 is 1.92. The van der Waals surface area contributed by atoms with Crippen molar-refractivity contribution in [3.63, 3.8) is 0 Å². The Hall–Kier alpha value is -4.95. The Balaban J connectivity index is 1.50. The molecule has 0 saturated heterocycles. The van der Waals surface area contributed by atoms with Crippen LogP contribution >= 0.6 is 11.3 Å². The molecule has 0 N–H and O–H groups in total. The third kappa shape index (κ3) is 4.76. The molecule has 0 bridgehead atoms. The van der Waals surface area contributed by atoms with Crippen molar-refractivity contribution in [3.8, 4) is 23.0 Å². The van der Waals surface area contributed by atoms with Gasteiger partial charge in [0.05, 0.1) is 4.50 Å². The van der Waals surface area contributed by atoms with Gasteiger partial charge < -0.3 is 9.47 Å². The normalized spacial score (nSPS) is 13.0. The number of rotatable bonds is 7. The van der Waals surface area contributed by atoms with Gasteiger partial charge in [0.1, 0.15) is 20.3 Å². The van der Waals surface area contributed by atoms with Gasteiger partial charge in [-0.3, -0.25) is 0 Å². The molecule has 46 heavy (non-hydrogen) atoms. The van der Waals surface area contributed by atoms with E-state index in [1.807, 2.05) is 17.4 Å². The number of hydrogen-bond acceptors (Lipinski definition) is 3. The molecular formula is C41H32O2SSi2. The molecule has 2 nitrogen and oxygen atoms in total.